The summed E-state index contributed by atoms with van der Waals surface area (Å²) in [6, 6.07) is 6.55. The van der Waals surface area contributed by atoms with Crippen molar-refractivity contribution in [3.63, 3.8) is 0 Å². The van der Waals surface area contributed by atoms with Crippen LogP contribution in [0.3, 0.4) is 0 Å². The highest BCUT2D eigenvalue weighted by Crippen LogP contribution is 2.32. The van der Waals surface area contributed by atoms with Gasteiger partial charge in [0.25, 0.3) is 17.1 Å². The van der Waals surface area contributed by atoms with Crippen LogP contribution in [0.4, 0.5) is 4.79 Å². The molecule has 0 aromatic heterocycles. The van der Waals surface area contributed by atoms with Gasteiger partial charge >= 0.3 is 5.97 Å². The van der Waals surface area contributed by atoms with E-state index in [1.54, 1.807) is 45.0 Å². The Bertz CT molecular complexity index is 795. The molecular weight excluding hydrogens is 372 g/mol. The van der Waals surface area contributed by atoms with E-state index in [9.17, 15) is 19.2 Å². The van der Waals surface area contributed by atoms with E-state index < -0.39 is 35.2 Å². The Labute approximate surface area is 160 Å². The number of nitrogens with two attached hydrogens (primary N) is 1. The number of benzene rings is 1. The van der Waals surface area contributed by atoms with Crippen molar-refractivity contribution in [2.75, 3.05) is 13.2 Å². The number of amides is 3. The molecule has 1 aromatic carbocycles. The second kappa shape index (κ2) is 8.26. The number of thioether (sulfide) groups is 1. The van der Waals surface area contributed by atoms with Gasteiger partial charge in [0.05, 0.1) is 4.91 Å². The lowest BCUT2D eigenvalue weighted by atomic mass is 10.2. The Morgan fingerprint density at radius 1 is 1.19 bits per heavy atom. The molecule has 2 rings (SSSR count). The van der Waals surface area contributed by atoms with Gasteiger partial charge in [-0.05, 0) is 56.3 Å². The maximum absolute atomic E-state index is 12.4. The fourth-order valence-electron chi connectivity index (χ4n) is 2.11. The third-order valence-electron chi connectivity index (χ3n) is 3.14. The first-order valence-corrected chi connectivity index (χ1v) is 8.85. The van der Waals surface area contributed by atoms with Crippen molar-refractivity contribution in [3.8, 4) is 5.75 Å². The van der Waals surface area contributed by atoms with Crippen LogP contribution in [0.1, 0.15) is 26.3 Å². The van der Waals surface area contributed by atoms with E-state index in [1.165, 1.54) is 6.08 Å². The van der Waals surface area contributed by atoms with Crippen LogP contribution in [-0.4, -0.2) is 46.7 Å². The molecule has 1 fully saturated rings. The molecule has 144 valence electrons. The number of esters is 1. The van der Waals surface area contributed by atoms with Crippen molar-refractivity contribution in [3.05, 3.63) is 34.7 Å². The molecule has 9 heteroatoms. The first-order chi connectivity index (χ1) is 12.5. The number of imide groups is 1. The highest BCUT2D eigenvalue weighted by Gasteiger charge is 2.37. The summed E-state index contributed by atoms with van der Waals surface area (Å²) in [7, 11) is 0. The van der Waals surface area contributed by atoms with Gasteiger partial charge in [-0.15, -0.1) is 0 Å². The van der Waals surface area contributed by atoms with Gasteiger partial charge in [0.15, 0.2) is 6.61 Å². The number of hydrogen-bond donors (Lipinski definition) is 1. The van der Waals surface area contributed by atoms with E-state index in [4.69, 9.17) is 15.2 Å². The van der Waals surface area contributed by atoms with E-state index in [0.717, 1.165) is 16.7 Å². The summed E-state index contributed by atoms with van der Waals surface area (Å²) < 4.78 is 10.3. The largest absolute Gasteiger partial charge is 0.484 e. The summed E-state index contributed by atoms with van der Waals surface area (Å²) in [5.74, 6) is -1.34. The van der Waals surface area contributed by atoms with Crippen LogP contribution in [0.2, 0.25) is 0 Å². The summed E-state index contributed by atoms with van der Waals surface area (Å²) in [5.41, 5.74) is 4.96. The maximum atomic E-state index is 12.4. The smallest absolute Gasteiger partial charge is 0.326 e. The van der Waals surface area contributed by atoms with Gasteiger partial charge in [-0.2, -0.15) is 0 Å². The predicted molar refractivity (Wildman–Crippen MR) is 99.7 cm³/mol. The molecular formula is C18H20N2O6S. The first-order valence-electron chi connectivity index (χ1n) is 8.03. The lowest BCUT2D eigenvalue weighted by Crippen LogP contribution is -2.37. The molecule has 0 bridgehead atoms. The van der Waals surface area contributed by atoms with Crippen molar-refractivity contribution < 1.29 is 28.7 Å². The van der Waals surface area contributed by atoms with Gasteiger partial charge in [0.2, 0.25) is 0 Å². The van der Waals surface area contributed by atoms with Crippen molar-refractivity contribution >= 4 is 40.9 Å². The van der Waals surface area contributed by atoms with Gasteiger partial charge in [0.1, 0.15) is 17.9 Å². The fraction of sp³-hybridized carbons (Fsp3) is 0.333. The maximum Gasteiger partial charge on any atom is 0.326 e. The van der Waals surface area contributed by atoms with Crippen LogP contribution in [-0.2, 0) is 19.1 Å². The zero-order chi connectivity index (χ0) is 20.2. The van der Waals surface area contributed by atoms with E-state index in [0.29, 0.717) is 11.3 Å². The molecule has 2 N–H and O–H groups in total. The van der Waals surface area contributed by atoms with Crippen LogP contribution in [0.15, 0.2) is 29.2 Å². The molecule has 0 aliphatic carbocycles. The molecule has 0 atom stereocenters. The summed E-state index contributed by atoms with van der Waals surface area (Å²) in [6.07, 6.45) is 1.54. The molecule has 0 spiro atoms. The summed E-state index contributed by atoms with van der Waals surface area (Å²) in [6.45, 7) is 4.45. The van der Waals surface area contributed by atoms with Crippen LogP contribution in [0, 0.1) is 0 Å². The minimum Gasteiger partial charge on any atom is -0.484 e. The summed E-state index contributed by atoms with van der Waals surface area (Å²) in [4.78, 5) is 48.1. The van der Waals surface area contributed by atoms with Gasteiger partial charge in [-0.1, -0.05) is 12.1 Å². The standard InChI is InChI=1S/C18H20N2O6S/c1-18(2,3)26-15(22)9-20-16(23)13(27-17(20)24)8-11-4-6-12(7-5-11)25-10-14(19)21/h4-8H,9-10H2,1-3H3,(H2,19,21). The van der Waals surface area contributed by atoms with Gasteiger partial charge in [0, 0.05) is 0 Å². The molecule has 8 nitrogen and oxygen atoms in total. The minimum absolute atomic E-state index is 0.203. The minimum atomic E-state index is -0.701. The number of hydrogen-bond acceptors (Lipinski definition) is 7. The van der Waals surface area contributed by atoms with E-state index in [2.05, 4.69) is 0 Å². The number of nitrogens with zero attached hydrogens (tertiary/aromatic N) is 1. The SMILES string of the molecule is CC(C)(C)OC(=O)CN1C(=O)SC(=Cc2ccc(OCC(N)=O)cc2)C1=O. The molecule has 27 heavy (non-hydrogen) atoms. The van der Waals surface area contributed by atoms with E-state index >= 15 is 0 Å². The molecule has 0 radical (unpaired) electrons. The highest BCUT2D eigenvalue weighted by molar-refractivity contribution is 8.18. The second-order valence-electron chi connectivity index (χ2n) is 6.68. The van der Waals surface area contributed by atoms with Gasteiger partial charge in [-0.3, -0.25) is 24.1 Å². The number of carbonyl (C=O) groups is 4. The van der Waals surface area contributed by atoms with Crippen molar-refractivity contribution in [2.45, 2.75) is 26.4 Å². The van der Waals surface area contributed by atoms with Crippen molar-refractivity contribution in [1.82, 2.24) is 4.90 Å². The van der Waals surface area contributed by atoms with Gasteiger partial charge in [-0.25, -0.2) is 0 Å². The monoisotopic (exact) mass is 392 g/mol. The highest BCUT2D eigenvalue weighted by atomic mass is 32.2. The number of carbonyl (C=O) groups excluding carboxylic acids is 4. The molecule has 1 heterocycles. The molecule has 0 saturated carbocycles. The fourth-order valence-corrected chi connectivity index (χ4v) is 2.94. The normalized spacial score (nSPS) is 16.0. The summed E-state index contributed by atoms with van der Waals surface area (Å²) >= 11 is 0.753. The number of rotatable bonds is 6. The predicted octanol–water partition coefficient (Wildman–Crippen LogP) is 1.93. The second-order valence-corrected chi connectivity index (χ2v) is 7.67. The van der Waals surface area contributed by atoms with E-state index in [1.807, 2.05) is 0 Å². The Morgan fingerprint density at radius 3 is 2.37 bits per heavy atom. The summed E-state index contributed by atoms with van der Waals surface area (Å²) in [5, 5.41) is -0.529. The zero-order valence-electron chi connectivity index (χ0n) is 15.2. The molecule has 1 aromatic rings. The average molecular weight is 392 g/mol. The van der Waals surface area contributed by atoms with Crippen LogP contribution in [0.25, 0.3) is 6.08 Å². The van der Waals surface area contributed by atoms with Crippen LogP contribution in [0.5, 0.6) is 5.75 Å². The third-order valence-corrected chi connectivity index (χ3v) is 4.05. The molecule has 0 unspecified atom stereocenters. The molecule has 1 aliphatic heterocycles. The van der Waals surface area contributed by atoms with Crippen molar-refractivity contribution in [1.29, 1.82) is 0 Å². The van der Waals surface area contributed by atoms with Crippen LogP contribution < -0.4 is 10.5 Å². The Balaban J connectivity index is 2.05. The van der Waals surface area contributed by atoms with E-state index in [-0.39, 0.29) is 11.5 Å². The topological polar surface area (TPSA) is 116 Å². The number of ether oxygens (including phenoxy) is 2. The molecule has 3 amide bonds. The first kappa shape index (κ1) is 20.5. The Kier molecular flexibility index (Phi) is 6.27. The zero-order valence-corrected chi connectivity index (χ0v) is 16.0. The lowest BCUT2D eigenvalue weighted by molar-refractivity contribution is -0.156. The quantitative estimate of drug-likeness (QED) is 0.581. The Morgan fingerprint density at radius 2 is 1.81 bits per heavy atom. The van der Waals surface area contributed by atoms with Gasteiger partial charge < -0.3 is 15.2 Å². The average Bonchev–Trinajstić information content (AvgIpc) is 2.80. The third kappa shape index (κ3) is 6.14. The lowest BCUT2D eigenvalue weighted by Gasteiger charge is -2.21. The van der Waals surface area contributed by atoms with Crippen molar-refractivity contribution in [2.24, 2.45) is 5.73 Å². The molecule has 1 aliphatic rings. The number of primary amides is 1. The molecule has 1 saturated heterocycles. The Hall–Kier alpha value is -2.81. The van der Waals surface area contributed by atoms with Crippen LogP contribution >= 0.6 is 11.8 Å².